The van der Waals surface area contributed by atoms with Crippen molar-refractivity contribution < 1.29 is 22.7 Å². The molecular formula is C15H12BrCl2NO5S2. The van der Waals surface area contributed by atoms with Crippen molar-refractivity contribution in [2.75, 3.05) is 6.61 Å². The molecule has 2 rings (SSSR count). The molecular weight excluding hydrogens is 489 g/mol. The van der Waals surface area contributed by atoms with E-state index >= 15 is 0 Å². The third kappa shape index (κ3) is 5.51. The number of carbonyl (C=O) groups excluding carboxylic acids is 2. The highest BCUT2D eigenvalue weighted by molar-refractivity contribution is 9.11. The number of ether oxygens (including phenoxy) is 1. The Morgan fingerprint density at radius 1 is 1.23 bits per heavy atom. The molecule has 0 saturated heterocycles. The molecule has 0 bridgehead atoms. The van der Waals surface area contributed by atoms with Gasteiger partial charge >= 0.3 is 5.97 Å². The van der Waals surface area contributed by atoms with E-state index in [9.17, 15) is 18.0 Å². The summed E-state index contributed by atoms with van der Waals surface area (Å²) in [7, 11) is -4.01. The van der Waals surface area contributed by atoms with Crippen molar-refractivity contribution in [3.8, 4) is 0 Å². The molecule has 6 nitrogen and oxygen atoms in total. The first-order valence-corrected chi connectivity index (χ1v) is 10.9. The molecule has 0 fully saturated rings. The summed E-state index contributed by atoms with van der Waals surface area (Å²) in [6.07, 6.45) is 0. The molecule has 0 radical (unpaired) electrons. The Kier molecular flexibility index (Phi) is 7.23. The summed E-state index contributed by atoms with van der Waals surface area (Å²) in [5.41, 5.74) is 0. The van der Waals surface area contributed by atoms with Crippen LogP contribution in [0.15, 0.2) is 39.0 Å². The van der Waals surface area contributed by atoms with E-state index < -0.39 is 28.6 Å². The Morgan fingerprint density at radius 2 is 1.92 bits per heavy atom. The summed E-state index contributed by atoms with van der Waals surface area (Å²) in [5, 5.41) is 0.272. The molecule has 0 spiro atoms. The summed E-state index contributed by atoms with van der Waals surface area (Å²) in [5.74, 6) is -1.26. The second-order valence-electron chi connectivity index (χ2n) is 5.05. The lowest BCUT2D eigenvalue weighted by atomic mass is 10.3. The largest absolute Gasteiger partial charge is 0.456 e. The van der Waals surface area contributed by atoms with Crippen LogP contribution in [0, 0.1) is 0 Å². The number of esters is 1. The van der Waals surface area contributed by atoms with Crippen LogP contribution in [0.4, 0.5) is 0 Å². The minimum absolute atomic E-state index is 0.0671. The lowest BCUT2D eigenvalue weighted by Gasteiger charge is -2.13. The van der Waals surface area contributed by atoms with Gasteiger partial charge in [0.25, 0.3) is 0 Å². The average Bonchev–Trinajstić information content (AvgIpc) is 3.00. The maximum atomic E-state index is 12.3. The van der Waals surface area contributed by atoms with Crippen LogP contribution in [0.25, 0.3) is 0 Å². The molecule has 0 aliphatic carbocycles. The molecule has 1 atom stereocenters. The van der Waals surface area contributed by atoms with Gasteiger partial charge in [0.2, 0.25) is 15.8 Å². The van der Waals surface area contributed by atoms with Crippen LogP contribution in [0.3, 0.4) is 0 Å². The zero-order valence-electron chi connectivity index (χ0n) is 13.2. The van der Waals surface area contributed by atoms with E-state index in [0.29, 0.717) is 4.88 Å². The number of ketones is 1. The molecule has 140 valence electrons. The molecule has 11 heteroatoms. The summed E-state index contributed by atoms with van der Waals surface area (Å²) in [6.45, 7) is 0.828. The van der Waals surface area contributed by atoms with Crippen LogP contribution in [0.1, 0.15) is 16.6 Å². The summed E-state index contributed by atoms with van der Waals surface area (Å²) in [4.78, 5) is 24.1. The third-order valence-electron chi connectivity index (χ3n) is 3.08. The Balaban J connectivity index is 1.97. The first kappa shape index (κ1) is 21.3. The number of nitrogens with one attached hydrogen (secondary N) is 1. The van der Waals surface area contributed by atoms with Gasteiger partial charge in [0.15, 0.2) is 6.61 Å². The van der Waals surface area contributed by atoms with Crippen molar-refractivity contribution in [1.82, 2.24) is 4.72 Å². The summed E-state index contributed by atoms with van der Waals surface area (Å²) >= 11 is 16.0. The molecule has 0 amide bonds. The van der Waals surface area contributed by atoms with Gasteiger partial charge in [0, 0.05) is 0 Å². The van der Waals surface area contributed by atoms with Crippen LogP contribution in [0.2, 0.25) is 10.0 Å². The molecule has 1 aromatic heterocycles. The van der Waals surface area contributed by atoms with Crippen molar-refractivity contribution in [3.63, 3.8) is 0 Å². The molecule has 0 aliphatic rings. The topological polar surface area (TPSA) is 89.5 Å². The second kappa shape index (κ2) is 8.81. The molecule has 1 aromatic carbocycles. The van der Waals surface area contributed by atoms with E-state index in [-0.39, 0.29) is 20.7 Å². The van der Waals surface area contributed by atoms with Crippen LogP contribution in [-0.2, 0) is 19.6 Å². The predicted octanol–water partition coefficient (Wildman–Crippen LogP) is 3.91. The molecule has 2 aromatic rings. The Morgan fingerprint density at radius 3 is 2.50 bits per heavy atom. The quantitative estimate of drug-likeness (QED) is 0.459. The first-order chi connectivity index (χ1) is 12.1. The lowest BCUT2D eigenvalue weighted by molar-refractivity contribution is -0.144. The van der Waals surface area contributed by atoms with Gasteiger partial charge in [0.1, 0.15) is 6.04 Å². The standard InChI is InChI=1S/C15H12BrCl2NO5S2/c1-8(15(21)24-7-12(20)13-4-5-14(16)25-13)19-26(22,23)9-2-3-10(17)11(18)6-9/h2-6,8,19H,7H2,1H3/t8-/m1/s1. The zero-order chi connectivity index (χ0) is 19.5. The number of carbonyl (C=O) groups is 2. The minimum Gasteiger partial charge on any atom is -0.456 e. The van der Waals surface area contributed by atoms with E-state index in [4.69, 9.17) is 27.9 Å². The van der Waals surface area contributed by atoms with Gasteiger partial charge in [-0.3, -0.25) is 9.59 Å². The highest BCUT2D eigenvalue weighted by Gasteiger charge is 2.24. The van der Waals surface area contributed by atoms with Crippen LogP contribution < -0.4 is 4.72 Å². The zero-order valence-corrected chi connectivity index (χ0v) is 17.9. The number of benzene rings is 1. The fourth-order valence-corrected chi connectivity index (χ4v) is 4.68. The maximum Gasteiger partial charge on any atom is 0.324 e. The van der Waals surface area contributed by atoms with Gasteiger partial charge in [-0.1, -0.05) is 23.2 Å². The second-order valence-corrected chi connectivity index (χ2v) is 10.0. The van der Waals surface area contributed by atoms with Crippen molar-refractivity contribution in [2.24, 2.45) is 0 Å². The normalized spacial score (nSPS) is 12.6. The smallest absolute Gasteiger partial charge is 0.324 e. The molecule has 0 unspecified atom stereocenters. The first-order valence-electron chi connectivity index (χ1n) is 7.02. The number of thiophene rings is 1. The highest BCUT2D eigenvalue weighted by atomic mass is 79.9. The number of rotatable bonds is 7. The van der Waals surface area contributed by atoms with Gasteiger partial charge in [-0.2, -0.15) is 4.72 Å². The fraction of sp³-hybridized carbons (Fsp3) is 0.200. The monoisotopic (exact) mass is 499 g/mol. The highest BCUT2D eigenvalue weighted by Crippen LogP contribution is 2.25. The number of Topliss-reactive ketones (excluding diaryl/α,β-unsaturated/α-hetero) is 1. The molecule has 26 heavy (non-hydrogen) atoms. The lowest BCUT2D eigenvalue weighted by Crippen LogP contribution is -2.40. The minimum atomic E-state index is -4.01. The van der Waals surface area contributed by atoms with Crippen LogP contribution in [-0.4, -0.2) is 32.8 Å². The van der Waals surface area contributed by atoms with Gasteiger partial charge < -0.3 is 4.74 Å². The number of sulfonamides is 1. The van der Waals surface area contributed by atoms with Crippen molar-refractivity contribution in [3.05, 3.63) is 49.0 Å². The number of hydrogen-bond donors (Lipinski definition) is 1. The van der Waals surface area contributed by atoms with Crippen molar-refractivity contribution >= 4 is 72.2 Å². The van der Waals surface area contributed by atoms with E-state index in [0.717, 1.165) is 3.79 Å². The van der Waals surface area contributed by atoms with E-state index in [2.05, 4.69) is 20.7 Å². The summed E-state index contributed by atoms with van der Waals surface area (Å²) < 4.78 is 32.4. The van der Waals surface area contributed by atoms with E-state index in [1.807, 2.05) is 0 Å². The Hall–Kier alpha value is -0.970. The molecule has 1 heterocycles. The third-order valence-corrected chi connectivity index (χ3v) is 7.02. The van der Waals surface area contributed by atoms with Gasteiger partial charge in [-0.15, -0.1) is 11.3 Å². The summed E-state index contributed by atoms with van der Waals surface area (Å²) in [6, 6.07) is 5.86. The maximum absolute atomic E-state index is 12.3. The molecule has 0 saturated carbocycles. The number of halogens is 3. The molecule has 1 N–H and O–H groups in total. The fourth-order valence-electron chi connectivity index (χ4n) is 1.79. The van der Waals surface area contributed by atoms with Crippen LogP contribution in [0.5, 0.6) is 0 Å². The van der Waals surface area contributed by atoms with E-state index in [1.165, 1.54) is 36.5 Å². The number of hydrogen-bond acceptors (Lipinski definition) is 6. The van der Waals surface area contributed by atoms with Crippen molar-refractivity contribution in [1.29, 1.82) is 0 Å². The average molecular weight is 501 g/mol. The Bertz CT molecular complexity index is 945. The van der Waals surface area contributed by atoms with Gasteiger partial charge in [-0.25, -0.2) is 8.42 Å². The van der Waals surface area contributed by atoms with Crippen LogP contribution >= 0.6 is 50.5 Å². The predicted molar refractivity (Wildman–Crippen MR) is 104 cm³/mol. The molecule has 0 aliphatic heterocycles. The van der Waals surface area contributed by atoms with Gasteiger partial charge in [0.05, 0.1) is 23.6 Å². The van der Waals surface area contributed by atoms with E-state index in [1.54, 1.807) is 12.1 Å². The van der Waals surface area contributed by atoms with Crippen molar-refractivity contribution in [2.45, 2.75) is 17.9 Å². The Labute approximate surface area is 172 Å². The SMILES string of the molecule is C[C@@H](NS(=O)(=O)c1ccc(Cl)c(Cl)c1)C(=O)OCC(=O)c1ccc(Br)s1. The van der Waals surface area contributed by atoms with Gasteiger partial charge in [-0.05, 0) is 53.2 Å².